The number of carbonyl (C=O) groups excluding carboxylic acids is 4. The molecule has 0 atom stereocenters. The van der Waals surface area contributed by atoms with Crippen LogP contribution in [0.25, 0.3) is 10.2 Å². The molecule has 5 rings (SSSR count). The molecule has 1 heterocycles. The van der Waals surface area contributed by atoms with Crippen LogP contribution in [-0.4, -0.2) is 80.9 Å². The molecule has 0 radical (unpaired) electrons. The molecule has 0 aliphatic rings. The Morgan fingerprint density at radius 1 is 0.827 bits per heavy atom. The van der Waals surface area contributed by atoms with Gasteiger partial charge in [0.05, 0.1) is 37.8 Å². The van der Waals surface area contributed by atoms with Gasteiger partial charge in [0, 0.05) is 41.6 Å². The van der Waals surface area contributed by atoms with Crippen molar-refractivity contribution >= 4 is 57.9 Å². The first-order valence-corrected chi connectivity index (χ1v) is 16.2. The number of methoxy groups -OCH3 is 3. The molecule has 0 saturated heterocycles. The Labute approximate surface area is 306 Å². The Bertz CT molecular complexity index is 1790. The van der Waals surface area contributed by atoms with E-state index >= 15 is 0 Å². The summed E-state index contributed by atoms with van der Waals surface area (Å²) >= 11 is 1.60. The van der Waals surface area contributed by atoms with Crippen molar-refractivity contribution in [1.82, 2.24) is 4.98 Å². The first kappa shape index (κ1) is 43.9. The minimum absolute atomic E-state index is 0. The number of esters is 1. The number of thiazole rings is 1. The van der Waals surface area contributed by atoms with E-state index in [1.54, 1.807) is 106 Å². The van der Waals surface area contributed by atoms with E-state index in [9.17, 15) is 14.4 Å². The van der Waals surface area contributed by atoms with Crippen LogP contribution in [0.15, 0.2) is 96.1 Å². The number of fused-ring (bicyclic) bond motifs is 1. The second-order valence-electron chi connectivity index (χ2n) is 10.2. The summed E-state index contributed by atoms with van der Waals surface area (Å²) in [6.45, 7) is 4.77. The maximum atomic E-state index is 10.5. The number of ether oxygens (including phenoxy) is 4. The lowest BCUT2D eigenvalue weighted by Crippen LogP contribution is -2.08. The smallest absolute Gasteiger partial charge is 0.505 e. The number of aromatic nitrogens is 1. The number of hydrogen-bond donors (Lipinski definition) is 1. The van der Waals surface area contributed by atoms with E-state index in [-0.39, 0.29) is 18.5 Å². The molecule has 276 valence electrons. The Balaban J connectivity index is 0.000000391. The number of aldehydes is 2. The van der Waals surface area contributed by atoms with E-state index in [4.69, 9.17) is 34.0 Å². The molecule has 13 nitrogen and oxygen atoms in total. The summed E-state index contributed by atoms with van der Waals surface area (Å²) < 4.78 is 21.4. The highest BCUT2D eigenvalue weighted by Crippen LogP contribution is 2.28. The summed E-state index contributed by atoms with van der Waals surface area (Å²) in [7, 11) is 6.74. The van der Waals surface area contributed by atoms with Gasteiger partial charge in [0.2, 0.25) is 5.13 Å². The summed E-state index contributed by atoms with van der Waals surface area (Å²) in [5.41, 5.74) is 3.06. The van der Waals surface area contributed by atoms with Gasteiger partial charge in [-0.1, -0.05) is 23.5 Å². The average molecular weight is 735 g/mol. The number of benzene rings is 4. The van der Waals surface area contributed by atoms with Gasteiger partial charge in [-0.15, -0.1) is 0 Å². The normalized spacial score (nSPS) is 9.63. The number of para-hydroxylation sites is 1. The zero-order valence-corrected chi connectivity index (χ0v) is 30.8. The molecule has 0 aliphatic heterocycles. The first-order chi connectivity index (χ1) is 24.9. The van der Waals surface area contributed by atoms with Crippen molar-refractivity contribution in [3.63, 3.8) is 0 Å². The minimum atomic E-state index is -0.367. The Kier molecular flexibility index (Phi) is 21.0. The van der Waals surface area contributed by atoms with Crippen LogP contribution in [0.2, 0.25) is 0 Å². The second kappa shape index (κ2) is 24.9. The lowest BCUT2D eigenvalue weighted by molar-refractivity contribution is -0.132. The van der Waals surface area contributed by atoms with Gasteiger partial charge in [-0.3, -0.25) is 14.4 Å². The number of hydrazone groups is 1. The fourth-order valence-electron chi connectivity index (χ4n) is 3.60. The van der Waals surface area contributed by atoms with Gasteiger partial charge in [0.1, 0.15) is 35.6 Å². The number of aliphatic hydroxyl groups is 1. The van der Waals surface area contributed by atoms with E-state index in [1.807, 2.05) is 43.4 Å². The number of hydrogen-bond acceptors (Lipinski definition) is 13. The van der Waals surface area contributed by atoms with E-state index in [0.29, 0.717) is 16.9 Å². The van der Waals surface area contributed by atoms with Crippen LogP contribution in [0.1, 0.15) is 47.1 Å². The Hall–Kier alpha value is -6.12. The van der Waals surface area contributed by atoms with Crippen LogP contribution in [-0.2, 0) is 9.59 Å². The third-order valence-electron chi connectivity index (χ3n) is 5.90. The molecule has 4 aromatic carbocycles. The van der Waals surface area contributed by atoms with E-state index in [0.717, 1.165) is 50.7 Å². The maximum absolute atomic E-state index is 10.5. The molecule has 5 aromatic rings. The predicted molar refractivity (Wildman–Crippen MR) is 204 cm³/mol. The van der Waals surface area contributed by atoms with Crippen LogP contribution in [0.5, 0.6) is 23.0 Å². The molecule has 0 amide bonds. The number of aliphatic hydroxyl groups excluding tert-OH is 1. The monoisotopic (exact) mass is 734 g/mol. The van der Waals surface area contributed by atoms with Crippen molar-refractivity contribution in [3.05, 3.63) is 108 Å². The van der Waals surface area contributed by atoms with Crippen molar-refractivity contribution in [2.45, 2.75) is 26.9 Å². The number of anilines is 1. The summed E-state index contributed by atoms with van der Waals surface area (Å²) in [5, 5.41) is 20.6. The summed E-state index contributed by atoms with van der Waals surface area (Å²) in [4.78, 5) is 43.9. The lowest BCUT2D eigenvalue weighted by atomic mass is 10.2. The molecule has 1 aromatic heterocycles. The number of nitrogens with zero attached hydrogens (tertiary/aromatic N) is 3. The summed E-state index contributed by atoms with van der Waals surface area (Å²) in [6.07, 6.45) is 3.12. The molecule has 0 saturated carbocycles. The standard InChI is InChI=1S/C17H17N3O2S.C9H8O3.C8H8O2.C3H8O.CH2O2/c1-20(17-19-14-6-4-5-7-16(14)23-17)18-11-12-10-13(21-2)8-9-15(12)22-3;1-7(11)12-9-4-2-8(6-10)3-5-9;1-10-8-4-2-7(6-9)3-5-8;1-3(2)4;2-1-3/h4-11H,1-3H3;2-6H,1H3;2-6H,1H3;3-4H,1-2H3;1H,(H,2,3)/p+1/b18-11+;;;;. The van der Waals surface area contributed by atoms with Crippen molar-refractivity contribution in [3.8, 4) is 23.0 Å². The van der Waals surface area contributed by atoms with Gasteiger partial charge in [0.15, 0.2) is 0 Å². The van der Waals surface area contributed by atoms with Gasteiger partial charge in [-0.05, 0) is 92.7 Å². The third-order valence-corrected chi connectivity index (χ3v) is 7.00. The van der Waals surface area contributed by atoms with Crippen LogP contribution >= 0.6 is 11.3 Å². The molecule has 14 heteroatoms. The molecule has 0 unspecified atom stereocenters. The van der Waals surface area contributed by atoms with E-state index in [1.165, 1.54) is 6.92 Å². The van der Waals surface area contributed by atoms with Crippen molar-refractivity contribution < 1.29 is 48.3 Å². The van der Waals surface area contributed by atoms with Gasteiger partial charge >= 0.3 is 12.4 Å². The topological polar surface area (TPSA) is 177 Å². The molecule has 0 fully saturated rings. The zero-order chi connectivity index (χ0) is 38.9. The fraction of sp³-hybridized carbons (Fsp3) is 0.211. The SMILES string of the molecule is CC(=O)Oc1ccc(C=O)cc1.CC(C)O.COc1ccc(C=O)cc1.COc1ccc(OC)c(/C=N/N(C)c2nc3ccccc3s2)c1.O=C[OH2+]. The van der Waals surface area contributed by atoms with Crippen LogP contribution in [0.3, 0.4) is 0 Å². The highest BCUT2D eigenvalue weighted by atomic mass is 32.1. The summed E-state index contributed by atoms with van der Waals surface area (Å²) in [6, 6.07) is 26.9. The molecule has 0 aliphatic carbocycles. The van der Waals surface area contributed by atoms with Crippen molar-refractivity contribution in [2.75, 3.05) is 33.4 Å². The Morgan fingerprint density at radius 3 is 1.79 bits per heavy atom. The molecule has 3 N–H and O–H groups in total. The van der Waals surface area contributed by atoms with Crippen LogP contribution in [0, 0.1) is 0 Å². The molecular weight excluding hydrogens is 690 g/mol. The quantitative estimate of drug-likeness (QED) is 0.0471. The molecule has 0 bridgehead atoms. The largest absolute Gasteiger partial charge is 0.567 e. The number of rotatable bonds is 9. The average Bonchev–Trinajstić information content (AvgIpc) is 3.59. The number of carbonyl (C=O) groups is 4. The van der Waals surface area contributed by atoms with Crippen molar-refractivity contribution in [2.24, 2.45) is 5.10 Å². The van der Waals surface area contributed by atoms with E-state index in [2.05, 4.69) is 16.2 Å². The van der Waals surface area contributed by atoms with Crippen molar-refractivity contribution in [1.29, 1.82) is 0 Å². The Morgan fingerprint density at radius 2 is 1.33 bits per heavy atom. The molecular formula is C38H44N3O10S+. The van der Waals surface area contributed by atoms with E-state index < -0.39 is 0 Å². The minimum Gasteiger partial charge on any atom is -0.567 e. The highest BCUT2D eigenvalue weighted by molar-refractivity contribution is 7.22. The lowest BCUT2D eigenvalue weighted by Gasteiger charge is -2.10. The predicted octanol–water partition coefficient (Wildman–Crippen LogP) is 5.97. The fourth-order valence-corrected chi connectivity index (χ4v) is 4.48. The van der Waals surface area contributed by atoms with Gasteiger partial charge in [-0.25, -0.2) is 9.99 Å². The van der Waals surface area contributed by atoms with Gasteiger partial charge in [0.25, 0.3) is 0 Å². The van der Waals surface area contributed by atoms with Crippen LogP contribution < -0.4 is 24.0 Å². The molecule has 52 heavy (non-hydrogen) atoms. The summed E-state index contributed by atoms with van der Waals surface area (Å²) in [5.74, 6) is 2.36. The van der Waals surface area contributed by atoms with Crippen LogP contribution in [0.4, 0.5) is 5.13 Å². The van der Waals surface area contributed by atoms with Gasteiger partial charge < -0.3 is 29.2 Å². The maximum Gasteiger partial charge on any atom is 0.505 e. The van der Waals surface area contributed by atoms with Gasteiger partial charge in [-0.2, -0.15) is 5.10 Å². The third kappa shape index (κ3) is 17.0. The zero-order valence-electron chi connectivity index (χ0n) is 30.0. The second-order valence-corrected chi connectivity index (χ2v) is 11.2. The molecule has 0 spiro atoms. The first-order valence-electron chi connectivity index (χ1n) is 15.4. The highest BCUT2D eigenvalue weighted by Gasteiger charge is 2.08.